The van der Waals surface area contributed by atoms with Crippen molar-refractivity contribution in [1.82, 2.24) is 5.32 Å². The summed E-state index contributed by atoms with van der Waals surface area (Å²) in [6.45, 7) is 3.78. The van der Waals surface area contributed by atoms with Crippen molar-refractivity contribution < 1.29 is 14.0 Å². The number of hydrogen-bond donors (Lipinski definition) is 2. The minimum atomic E-state index is -0.984. The molecule has 0 aliphatic carbocycles. The number of aryl methyl sites for hydroxylation is 1. The van der Waals surface area contributed by atoms with Crippen LogP contribution in [0.2, 0.25) is 5.02 Å². The van der Waals surface area contributed by atoms with Gasteiger partial charge in [0.15, 0.2) is 11.9 Å². The van der Waals surface area contributed by atoms with E-state index in [-0.39, 0.29) is 11.5 Å². The Morgan fingerprint density at radius 3 is 2.41 bits per heavy atom. The molecule has 0 unspecified atom stereocenters. The fourth-order valence-electron chi connectivity index (χ4n) is 2.58. The number of hydrogen-bond acceptors (Lipinski definition) is 4. The van der Waals surface area contributed by atoms with Crippen LogP contribution in [0, 0.1) is 13.8 Å². The molecule has 0 aliphatic rings. The molecule has 2 aromatic carbocycles. The maximum atomic E-state index is 13.0. The highest BCUT2D eigenvalue weighted by Crippen LogP contribution is 2.24. The number of anilines is 1. The minimum absolute atomic E-state index is 0.126. The predicted molar refractivity (Wildman–Crippen MR) is 105 cm³/mol. The molecule has 0 saturated heterocycles. The molecule has 0 saturated carbocycles. The number of rotatable bonds is 6. The van der Waals surface area contributed by atoms with Gasteiger partial charge in [-0.2, -0.15) is 0 Å². The lowest BCUT2D eigenvalue weighted by Crippen LogP contribution is -2.46. The molecule has 5 nitrogen and oxygen atoms in total. The SMILES string of the molecule is Cc1ccc(C(=O)[C@H](NC(=O)c2ccco2)Nc2cccc(Cl)c2C)cc1. The van der Waals surface area contributed by atoms with Crippen LogP contribution in [0.4, 0.5) is 5.69 Å². The van der Waals surface area contributed by atoms with E-state index in [0.29, 0.717) is 16.3 Å². The molecule has 0 fully saturated rings. The fraction of sp³-hybridized carbons (Fsp3) is 0.143. The third kappa shape index (κ3) is 4.38. The van der Waals surface area contributed by atoms with E-state index in [1.165, 1.54) is 12.3 Å². The molecule has 1 aromatic heterocycles. The van der Waals surface area contributed by atoms with E-state index in [1.807, 2.05) is 26.0 Å². The molecular weight excluding hydrogens is 364 g/mol. The highest BCUT2D eigenvalue weighted by Gasteiger charge is 2.24. The molecule has 138 valence electrons. The average Bonchev–Trinajstić information content (AvgIpc) is 3.20. The second kappa shape index (κ2) is 8.10. The van der Waals surface area contributed by atoms with Crippen molar-refractivity contribution in [2.45, 2.75) is 20.0 Å². The molecule has 3 aromatic rings. The molecule has 6 heteroatoms. The molecule has 1 amide bonds. The van der Waals surface area contributed by atoms with Crippen LogP contribution in [-0.4, -0.2) is 17.9 Å². The van der Waals surface area contributed by atoms with E-state index in [0.717, 1.165) is 11.1 Å². The highest BCUT2D eigenvalue weighted by atomic mass is 35.5. The summed E-state index contributed by atoms with van der Waals surface area (Å²) in [4.78, 5) is 25.4. The largest absolute Gasteiger partial charge is 0.459 e. The van der Waals surface area contributed by atoms with E-state index >= 15 is 0 Å². The van der Waals surface area contributed by atoms with Crippen LogP contribution in [0.1, 0.15) is 32.0 Å². The van der Waals surface area contributed by atoms with Crippen molar-refractivity contribution in [3.05, 3.63) is 88.3 Å². The van der Waals surface area contributed by atoms with Crippen LogP contribution in [0.3, 0.4) is 0 Å². The number of amides is 1. The van der Waals surface area contributed by atoms with Crippen molar-refractivity contribution >= 4 is 29.0 Å². The Kier molecular flexibility index (Phi) is 5.62. The maximum absolute atomic E-state index is 13.0. The quantitative estimate of drug-likeness (QED) is 0.482. The van der Waals surface area contributed by atoms with Gasteiger partial charge < -0.3 is 15.1 Å². The van der Waals surface area contributed by atoms with Gasteiger partial charge in [0.05, 0.1) is 6.26 Å². The zero-order valence-electron chi connectivity index (χ0n) is 15.0. The first-order valence-corrected chi connectivity index (χ1v) is 8.80. The monoisotopic (exact) mass is 382 g/mol. The van der Waals surface area contributed by atoms with Gasteiger partial charge in [0.2, 0.25) is 5.78 Å². The Balaban J connectivity index is 1.90. The number of halogens is 1. The van der Waals surface area contributed by atoms with Gasteiger partial charge in [-0.15, -0.1) is 0 Å². The van der Waals surface area contributed by atoms with Gasteiger partial charge in [-0.1, -0.05) is 47.5 Å². The molecule has 27 heavy (non-hydrogen) atoms. The minimum Gasteiger partial charge on any atom is -0.459 e. The van der Waals surface area contributed by atoms with Crippen LogP contribution < -0.4 is 10.6 Å². The summed E-state index contributed by atoms with van der Waals surface area (Å²) in [7, 11) is 0. The van der Waals surface area contributed by atoms with E-state index in [2.05, 4.69) is 10.6 Å². The zero-order chi connectivity index (χ0) is 19.4. The summed E-state index contributed by atoms with van der Waals surface area (Å²) in [6.07, 6.45) is 0.419. The first-order valence-electron chi connectivity index (χ1n) is 8.42. The average molecular weight is 383 g/mol. The molecular formula is C21H19ClN2O3. The lowest BCUT2D eigenvalue weighted by atomic mass is 10.1. The number of carbonyl (C=O) groups is 2. The highest BCUT2D eigenvalue weighted by molar-refractivity contribution is 6.31. The topological polar surface area (TPSA) is 71.3 Å². The van der Waals surface area contributed by atoms with Gasteiger partial charge in [0, 0.05) is 16.3 Å². The molecule has 0 radical (unpaired) electrons. The smallest absolute Gasteiger partial charge is 0.288 e. The van der Waals surface area contributed by atoms with Crippen molar-refractivity contribution in [3.8, 4) is 0 Å². The molecule has 0 aliphatic heterocycles. The van der Waals surface area contributed by atoms with Gasteiger partial charge in [-0.25, -0.2) is 0 Å². The Morgan fingerprint density at radius 1 is 1.00 bits per heavy atom. The van der Waals surface area contributed by atoms with E-state index in [4.69, 9.17) is 16.0 Å². The summed E-state index contributed by atoms with van der Waals surface area (Å²) < 4.78 is 5.12. The summed E-state index contributed by atoms with van der Waals surface area (Å²) >= 11 is 6.17. The number of furan rings is 1. The van der Waals surface area contributed by atoms with Gasteiger partial charge in [-0.3, -0.25) is 9.59 Å². The van der Waals surface area contributed by atoms with Crippen LogP contribution in [0.15, 0.2) is 65.3 Å². The first-order chi connectivity index (χ1) is 13.0. The third-order valence-electron chi connectivity index (χ3n) is 4.19. The maximum Gasteiger partial charge on any atom is 0.288 e. The standard InChI is InChI=1S/C21H19ClN2O3/c1-13-8-10-15(11-9-13)19(25)20(24-21(26)18-7-4-12-27-18)23-17-6-3-5-16(22)14(17)2/h3-12,20,23H,1-2H3,(H,24,26)/t20-/m0/s1. The number of benzene rings is 2. The Bertz CT molecular complexity index is 950. The summed E-state index contributed by atoms with van der Waals surface area (Å²) in [5, 5.41) is 6.35. The molecule has 2 N–H and O–H groups in total. The number of ketones is 1. The Morgan fingerprint density at radius 2 is 1.74 bits per heavy atom. The molecule has 0 spiro atoms. The van der Waals surface area contributed by atoms with Crippen LogP contribution in [0.5, 0.6) is 0 Å². The summed E-state index contributed by atoms with van der Waals surface area (Å²) in [5.74, 6) is -0.631. The molecule has 1 heterocycles. The summed E-state index contributed by atoms with van der Waals surface area (Å²) in [5.41, 5.74) is 2.97. The first kappa shape index (κ1) is 18.7. The summed E-state index contributed by atoms with van der Waals surface area (Å²) in [6, 6.07) is 15.7. The van der Waals surface area contributed by atoms with Crippen LogP contribution >= 0.6 is 11.6 Å². The zero-order valence-corrected chi connectivity index (χ0v) is 15.7. The number of nitrogens with one attached hydrogen (secondary N) is 2. The second-order valence-electron chi connectivity index (χ2n) is 6.17. The lowest BCUT2D eigenvalue weighted by Gasteiger charge is -2.21. The molecule has 0 bridgehead atoms. The van der Waals surface area contributed by atoms with E-state index in [1.54, 1.807) is 36.4 Å². The number of carbonyl (C=O) groups excluding carboxylic acids is 2. The lowest BCUT2D eigenvalue weighted by molar-refractivity contribution is 0.0852. The van der Waals surface area contributed by atoms with Crippen LogP contribution in [0.25, 0.3) is 0 Å². The Hall–Kier alpha value is -3.05. The van der Waals surface area contributed by atoms with Crippen molar-refractivity contribution in [1.29, 1.82) is 0 Å². The fourth-order valence-corrected chi connectivity index (χ4v) is 2.76. The van der Waals surface area contributed by atoms with Crippen molar-refractivity contribution in [3.63, 3.8) is 0 Å². The van der Waals surface area contributed by atoms with Gasteiger partial charge in [0.1, 0.15) is 0 Å². The predicted octanol–water partition coefficient (Wildman–Crippen LogP) is 4.60. The van der Waals surface area contributed by atoms with Gasteiger partial charge in [0.25, 0.3) is 5.91 Å². The van der Waals surface area contributed by atoms with Crippen LogP contribution in [-0.2, 0) is 0 Å². The molecule has 3 rings (SSSR count). The van der Waals surface area contributed by atoms with E-state index < -0.39 is 12.1 Å². The molecule has 1 atom stereocenters. The van der Waals surface area contributed by atoms with Gasteiger partial charge in [-0.05, 0) is 43.7 Å². The normalized spacial score (nSPS) is 11.7. The second-order valence-corrected chi connectivity index (χ2v) is 6.58. The third-order valence-corrected chi connectivity index (χ3v) is 4.60. The van der Waals surface area contributed by atoms with Crippen molar-refractivity contribution in [2.24, 2.45) is 0 Å². The van der Waals surface area contributed by atoms with Gasteiger partial charge >= 0.3 is 0 Å². The Labute approximate surface area is 162 Å². The van der Waals surface area contributed by atoms with E-state index in [9.17, 15) is 9.59 Å². The number of Topliss-reactive ketones (excluding diaryl/α,β-unsaturated/α-hetero) is 1. The van der Waals surface area contributed by atoms with Crippen molar-refractivity contribution in [2.75, 3.05) is 5.32 Å².